The van der Waals surface area contributed by atoms with Crippen molar-refractivity contribution in [1.82, 2.24) is 5.16 Å². The molecule has 1 aromatic heterocycles. The van der Waals surface area contributed by atoms with Gasteiger partial charge in [0.1, 0.15) is 17.2 Å². The van der Waals surface area contributed by atoms with Gasteiger partial charge in [0.2, 0.25) is 0 Å². The molecule has 0 atom stereocenters. The molecule has 8 heteroatoms. The Morgan fingerprint density at radius 1 is 1.12 bits per heavy atom. The second kappa shape index (κ2) is 9.39. The van der Waals surface area contributed by atoms with Crippen molar-refractivity contribution in [2.24, 2.45) is 0 Å². The first-order valence-electron chi connectivity index (χ1n) is 9.76. The highest BCUT2D eigenvalue weighted by atomic mass is 35.5. The topological polar surface area (TPSA) is 105 Å². The van der Waals surface area contributed by atoms with E-state index in [0.29, 0.717) is 21.9 Å². The second-order valence-electron chi connectivity index (χ2n) is 6.96. The molecule has 1 heterocycles. The number of hydrogen-bond acceptors (Lipinski definition) is 6. The zero-order chi connectivity index (χ0) is 23.4. The van der Waals surface area contributed by atoms with Crippen molar-refractivity contribution in [3.8, 4) is 17.4 Å². The molecule has 162 valence electrons. The molecule has 0 bridgehead atoms. The Morgan fingerprint density at radius 2 is 1.88 bits per heavy atom. The number of esters is 1. The molecule has 0 fully saturated rings. The van der Waals surface area contributed by atoms with Crippen molar-refractivity contribution >= 4 is 46.1 Å². The molecule has 1 N–H and O–H groups in total. The molecule has 0 aliphatic heterocycles. The van der Waals surface area contributed by atoms with Crippen molar-refractivity contribution in [3.05, 3.63) is 88.5 Å². The normalized spacial score (nSPS) is 11.1. The number of amides is 1. The average molecular weight is 458 g/mol. The highest BCUT2D eigenvalue weighted by Gasteiger charge is 2.16. The molecule has 0 saturated carbocycles. The number of benzene rings is 3. The summed E-state index contributed by atoms with van der Waals surface area (Å²) >= 11 is 5.96. The Kier molecular flexibility index (Phi) is 6.20. The molecular weight excluding hydrogens is 442 g/mol. The Bertz CT molecular complexity index is 1430. The SMILES string of the molecule is COC(=O)c1ccccc1NC(=O)/C(C#N)=C/c1ccc2noc(-c3ccc(Cl)cc3)c2c1. The molecule has 0 aliphatic rings. The first kappa shape index (κ1) is 21.8. The van der Waals surface area contributed by atoms with Crippen molar-refractivity contribution in [2.75, 3.05) is 12.4 Å². The van der Waals surface area contributed by atoms with Crippen molar-refractivity contribution < 1.29 is 18.8 Å². The summed E-state index contributed by atoms with van der Waals surface area (Å²) in [4.78, 5) is 24.7. The molecule has 0 spiro atoms. The lowest BCUT2D eigenvalue weighted by Crippen LogP contribution is -2.16. The maximum Gasteiger partial charge on any atom is 0.339 e. The van der Waals surface area contributed by atoms with Gasteiger partial charge in [0.15, 0.2) is 5.76 Å². The Balaban J connectivity index is 1.66. The molecule has 0 saturated heterocycles. The van der Waals surface area contributed by atoms with E-state index >= 15 is 0 Å². The lowest BCUT2D eigenvalue weighted by molar-refractivity contribution is -0.112. The van der Waals surface area contributed by atoms with Crippen LogP contribution in [0.3, 0.4) is 0 Å². The van der Waals surface area contributed by atoms with Gasteiger partial charge in [-0.05, 0) is 60.2 Å². The summed E-state index contributed by atoms with van der Waals surface area (Å²) in [6.07, 6.45) is 1.45. The Hall–Kier alpha value is -4.41. The lowest BCUT2D eigenvalue weighted by Gasteiger charge is -2.09. The van der Waals surface area contributed by atoms with Crippen LogP contribution in [-0.4, -0.2) is 24.1 Å². The van der Waals surface area contributed by atoms with Gasteiger partial charge in [-0.1, -0.05) is 35.0 Å². The van der Waals surface area contributed by atoms with E-state index in [1.165, 1.54) is 19.3 Å². The van der Waals surface area contributed by atoms with Crippen LogP contribution in [0.2, 0.25) is 5.02 Å². The maximum absolute atomic E-state index is 12.7. The number of anilines is 1. The molecule has 1 amide bonds. The highest BCUT2D eigenvalue weighted by molar-refractivity contribution is 6.30. The van der Waals surface area contributed by atoms with E-state index in [0.717, 1.165) is 10.9 Å². The molecule has 0 aliphatic carbocycles. The fraction of sp³-hybridized carbons (Fsp3) is 0.0400. The predicted octanol–water partition coefficient (Wildman–Crippen LogP) is 5.48. The van der Waals surface area contributed by atoms with Gasteiger partial charge in [0.25, 0.3) is 5.91 Å². The van der Waals surface area contributed by atoms with Gasteiger partial charge in [-0.2, -0.15) is 5.26 Å². The van der Waals surface area contributed by atoms with Crippen LogP contribution >= 0.6 is 11.6 Å². The van der Waals surface area contributed by atoms with Gasteiger partial charge >= 0.3 is 5.97 Å². The largest absolute Gasteiger partial charge is 0.465 e. The number of methoxy groups -OCH3 is 1. The first-order chi connectivity index (χ1) is 16.0. The van der Waals surface area contributed by atoms with Gasteiger partial charge < -0.3 is 14.6 Å². The van der Waals surface area contributed by atoms with Gasteiger partial charge in [0.05, 0.1) is 23.7 Å². The van der Waals surface area contributed by atoms with Crippen LogP contribution in [0.25, 0.3) is 28.3 Å². The van der Waals surface area contributed by atoms with E-state index in [-0.39, 0.29) is 16.8 Å². The van der Waals surface area contributed by atoms with Crippen molar-refractivity contribution in [3.63, 3.8) is 0 Å². The summed E-state index contributed by atoms with van der Waals surface area (Å²) in [7, 11) is 1.25. The summed E-state index contributed by atoms with van der Waals surface area (Å²) < 4.78 is 10.2. The number of para-hydroxylation sites is 1. The van der Waals surface area contributed by atoms with E-state index in [1.807, 2.05) is 18.2 Å². The number of ether oxygens (including phenoxy) is 1. The monoisotopic (exact) mass is 457 g/mol. The molecule has 4 aromatic rings. The van der Waals surface area contributed by atoms with Gasteiger partial charge in [-0.3, -0.25) is 4.79 Å². The number of rotatable bonds is 5. The maximum atomic E-state index is 12.7. The molecule has 7 nitrogen and oxygen atoms in total. The van der Waals surface area contributed by atoms with E-state index in [1.54, 1.807) is 48.5 Å². The highest BCUT2D eigenvalue weighted by Crippen LogP contribution is 2.30. The summed E-state index contributed by atoms with van der Waals surface area (Å²) in [6.45, 7) is 0. The fourth-order valence-corrected chi connectivity index (χ4v) is 3.37. The van der Waals surface area contributed by atoms with Crippen LogP contribution in [0.15, 0.2) is 76.8 Å². The van der Waals surface area contributed by atoms with Gasteiger partial charge in [0, 0.05) is 10.6 Å². The quantitative estimate of drug-likeness (QED) is 0.241. The number of halogens is 1. The number of carbonyl (C=O) groups excluding carboxylic acids is 2. The van der Waals surface area contributed by atoms with Crippen molar-refractivity contribution in [2.45, 2.75) is 0 Å². The minimum absolute atomic E-state index is 0.140. The van der Waals surface area contributed by atoms with Crippen LogP contribution in [0, 0.1) is 11.3 Å². The molecule has 3 aromatic carbocycles. The Labute approximate surface area is 193 Å². The van der Waals surface area contributed by atoms with Gasteiger partial charge in [-0.25, -0.2) is 4.79 Å². The number of carbonyl (C=O) groups is 2. The molecular formula is C25H16ClN3O4. The molecule has 0 radical (unpaired) electrons. The molecule has 4 rings (SSSR count). The van der Waals surface area contributed by atoms with Crippen LogP contribution < -0.4 is 5.32 Å². The zero-order valence-electron chi connectivity index (χ0n) is 17.3. The Morgan fingerprint density at radius 3 is 2.61 bits per heavy atom. The van der Waals surface area contributed by atoms with Crippen LogP contribution in [0.5, 0.6) is 0 Å². The second-order valence-corrected chi connectivity index (χ2v) is 7.39. The lowest BCUT2D eigenvalue weighted by atomic mass is 10.0. The molecule has 33 heavy (non-hydrogen) atoms. The number of hydrogen-bond donors (Lipinski definition) is 1. The van der Waals surface area contributed by atoms with Crippen LogP contribution in [0.1, 0.15) is 15.9 Å². The summed E-state index contributed by atoms with van der Waals surface area (Å²) in [5.41, 5.74) is 2.32. The minimum Gasteiger partial charge on any atom is -0.465 e. The minimum atomic E-state index is -0.655. The van der Waals surface area contributed by atoms with E-state index in [2.05, 4.69) is 10.5 Å². The summed E-state index contributed by atoms with van der Waals surface area (Å²) in [5, 5.41) is 17.6. The van der Waals surface area contributed by atoms with Crippen molar-refractivity contribution in [1.29, 1.82) is 5.26 Å². The standard InChI is InChI=1S/C25H16ClN3O4/c1-32-25(31)19-4-2-3-5-21(19)28-24(30)17(14-27)12-15-6-11-22-20(13-15)23(33-29-22)16-7-9-18(26)10-8-16/h2-13H,1H3,(H,28,30)/b17-12+. The number of aromatic nitrogens is 1. The summed E-state index contributed by atoms with van der Waals surface area (Å²) in [5.74, 6) is -0.704. The number of nitrogens with one attached hydrogen (secondary N) is 1. The van der Waals surface area contributed by atoms with E-state index in [4.69, 9.17) is 20.9 Å². The predicted molar refractivity (Wildman–Crippen MR) is 124 cm³/mol. The fourth-order valence-electron chi connectivity index (χ4n) is 3.24. The van der Waals surface area contributed by atoms with Crippen LogP contribution in [-0.2, 0) is 9.53 Å². The number of nitrogens with zero attached hydrogens (tertiary/aromatic N) is 2. The third kappa shape index (κ3) is 4.61. The average Bonchev–Trinajstić information content (AvgIpc) is 3.26. The molecule has 0 unspecified atom stereocenters. The van der Waals surface area contributed by atoms with Crippen LogP contribution in [0.4, 0.5) is 5.69 Å². The third-order valence-electron chi connectivity index (χ3n) is 4.86. The third-order valence-corrected chi connectivity index (χ3v) is 5.12. The first-order valence-corrected chi connectivity index (χ1v) is 10.1. The number of fused-ring (bicyclic) bond motifs is 1. The zero-order valence-corrected chi connectivity index (χ0v) is 18.1. The van der Waals surface area contributed by atoms with E-state index < -0.39 is 11.9 Å². The summed E-state index contributed by atoms with van der Waals surface area (Å²) in [6, 6.07) is 20.7. The number of nitriles is 1. The smallest absolute Gasteiger partial charge is 0.339 e. The van der Waals surface area contributed by atoms with Gasteiger partial charge in [-0.15, -0.1) is 0 Å². The van der Waals surface area contributed by atoms with E-state index in [9.17, 15) is 14.9 Å².